The molecule has 1 atom stereocenters. The molecular weight excluding hydrogens is 287 g/mol. The lowest BCUT2D eigenvalue weighted by atomic mass is 10.2. The smallest absolute Gasteiger partial charge is 0.361 e. The number of hydrogen-bond donors (Lipinski definition) is 0. The van der Waals surface area contributed by atoms with Gasteiger partial charge in [-0.05, 0) is 24.1 Å². The van der Waals surface area contributed by atoms with Gasteiger partial charge in [0.15, 0.2) is 5.85 Å². The third-order valence-corrected chi connectivity index (χ3v) is 4.98. The second-order valence-electron chi connectivity index (χ2n) is 4.04. The van der Waals surface area contributed by atoms with E-state index < -0.39 is 13.4 Å². The summed E-state index contributed by atoms with van der Waals surface area (Å²) >= 11 is 5.96. The lowest BCUT2D eigenvalue weighted by molar-refractivity contribution is 0.0755. The van der Waals surface area contributed by atoms with Crippen molar-refractivity contribution < 1.29 is 18.3 Å². The van der Waals surface area contributed by atoms with Gasteiger partial charge in [-0.1, -0.05) is 37.1 Å². The molecule has 0 aromatic heterocycles. The van der Waals surface area contributed by atoms with Crippen LogP contribution in [0.5, 0.6) is 0 Å². The molecule has 1 aromatic carbocycles. The van der Waals surface area contributed by atoms with Crippen LogP contribution in [0.2, 0.25) is 5.02 Å². The van der Waals surface area contributed by atoms with E-state index in [0.717, 1.165) is 12.8 Å². The number of halogens is 1. The number of rotatable bonds is 8. The van der Waals surface area contributed by atoms with E-state index in [1.54, 1.807) is 24.3 Å². The number of ether oxygens (including phenoxy) is 1. The maximum atomic E-state index is 12.5. The van der Waals surface area contributed by atoms with Gasteiger partial charge in [-0.2, -0.15) is 0 Å². The van der Waals surface area contributed by atoms with Gasteiger partial charge in [0.1, 0.15) is 0 Å². The van der Waals surface area contributed by atoms with E-state index in [1.807, 2.05) is 0 Å². The molecule has 0 fully saturated rings. The zero-order valence-electron chi connectivity index (χ0n) is 11.5. The van der Waals surface area contributed by atoms with Gasteiger partial charge in [-0.3, -0.25) is 4.57 Å². The van der Waals surface area contributed by atoms with E-state index in [9.17, 15) is 4.57 Å². The Morgan fingerprint density at radius 2 is 2.00 bits per heavy atom. The molecule has 6 heteroatoms. The fourth-order valence-corrected chi connectivity index (χ4v) is 3.18. The Morgan fingerprint density at radius 3 is 2.53 bits per heavy atom. The van der Waals surface area contributed by atoms with E-state index in [4.69, 9.17) is 25.4 Å². The molecule has 4 nitrogen and oxygen atoms in total. The quantitative estimate of drug-likeness (QED) is 0.518. The average molecular weight is 307 g/mol. The Balaban J connectivity index is 3.01. The van der Waals surface area contributed by atoms with Crippen molar-refractivity contribution in [2.24, 2.45) is 0 Å². The minimum Gasteiger partial charge on any atom is -0.361 e. The molecule has 0 saturated heterocycles. The first kappa shape index (κ1) is 16.7. The Labute approximate surface area is 119 Å². The maximum absolute atomic E-state index is 12.5. The molecule has 0 saturated carbocycles. The number of unbranched alkanes of at least 4 members (excludes halogenated alkanes) is 1. The Hall–Kier alpha value is -0.380. The van der Waals surface area contributed by atoms with Gasteiger partial charge < -0.3 is 13.8 Å². The molecule has 1 unspecified atom stereocenters. The molecule has 1 aromatic rings. The van der Waals surface area contributed by atoms with Gasteiger partial charge in [0.2, 0.25) is 0 Å². The van der Waals surface area contributed by atoms with Crippen molar-refractivity contribution in [3.8, 4) is 0 Å². The minimum atomic E-state index is -3.35. The van der Waals surface area contributed by atoms with Crippen LogP contribution in [0.1, 0.15) is 31.2 Å². The van der Waals surface area contributed by atoms with Gasteiger partial charge in [-0.25, -0.2) is 0 Å². The minimum absolute atomic E-state index is 0.490. The zero-order valence-corrected chi connectivity index (χ0v) is 13.1. The summed E-state index contributed by atoms with van der Waals surface area (Å²) in [6, 6.07) is 7.04. The molecule has 0 spiro atoms. The Morgan fingerprint density at radius 1 is 1.32 bits per heavy atom. The summed E-state index contributed by atoms with van der Waals surface area (Å²) in [6.45, 7) is 2.55. The summed E-state index contributed by atoms with van der Waals surface area (Å²) in [5.41, 5.74) is 0.690. The summed E-state index contributed by atoms with van der Waals surface area (Å²) in [6.07, 6.45) is 1.87. The van der Waals surface area contributed by atoms with Crippen LogP contribution in [0.3, 0.4) is 0 Å². The van der Waals surface area contributed by atoms with Crippen molar-refractivity contribution in [2.45, 2.75) is 25.6 Å². The van der Waals surface area contributed by atoms with Crippen molar-refractivity contribution in [3.63, 3.8) is 0 Å². The summed E-state index contributed by atoms with van der Waals surface area (Å²) in [5.74, 6) is -0.757. The van der Waals surface area contributed by atoms with Gasteiger partial charge in [0.05, 0.1) is 0 Å². The molecule has 0 radical (unpaired) electrons. The van der Waals surface area contributed by atoms with Crippen molar-refractivity contribution in [1.29, 1.82) is 0 Å². The summed E-state index contributed by atoms with van der Waals surface area (Å²) in [4.78, 5) is 0. The molecule has 0 amide bonds. The topological polar surface area (TPSA) is 44.8 Å². The van der Waals surface area contributed by atoms with Crippen LogP contribution in [-0.4, -0.2) is 20.8 Å². The van der Waals surface area contributed by atoms with Crippen molar-refractivity contribution in [2.75, 3.05) is 20.8 Å². The molecule has 0 heterocycles. The molecule has 0 bridgehead atoms. The van der Waals surface area contributed by atoms with Crippen LogP contribution in [0.4, 0.5) is 0 Å². The summed E-state index contributed by atoms with van der Waals surface area (Å²) < 4.78 is 28.3. The average Bonchev–Trinajstić information content (AvgIpc) is 2.43. The molecule has 0 aliphatic rings. The second-order valence-corrected chi connectivity index (χ2v) is 6.75. The van der Waals surface area contributed by atoms with Crippen LogP contribution in [0.15, 0.2) is 24.3 Å². The molecule has 1 rings (SSSR count). The summed E-state index contributed by atoms with van der Waals surface area (Å²) in [7, 11) is -0.650. The Kier molecular flexibility index (Phi) is 7.05. The lowest BCUT2D eigenvalue weighted by Crippen LogP contribution is -2.09. The molecule has 0 aliphatic heterocycles. The highest BCUT2D eigenvalue weighted by Gasteiger charge is 2.36. The van der Waals surface area contributed by atoms with Crippen LogP contribution in [-0.2, 0) is 18.3 Å². The molecule has 19 heavy (non-hydrogen) atoms. The van der Waals surface area contributed by atoms with Gasteiger partial charge in [-0.15, -0.1) is 0 Å². The van der Waals surface area contributed by atoms with E-state index in [-0.39, 0.29) is 0 Å². The van der Waals surface area contributed by atoms with E-state index >= 15 is 0 Å². The largest absolute Gasteiger partial charge is 0.363 e. The fraction of sp³-hybridized carbons (Fsp3) is 0.538. The van der Waals surface area contributed by atoms with Crippen LogP contribution < -0.4 is 0 Å². The highest BCUT2D eigenvalue weighted by atomic mass is 35.5. The first-order valence-corrected chi connectivity index (χ1v) is 8.14. The van der Waals surface area contributed by atoms with Gasteiger partial charge in [0, 0.05) is 25.8 Å². The van der Waals surface area contributed by atoms with E-state index in [1.165, 1.54) is 14.2 Å². The highest BCUT2D eigenvalue weighted by molar-refractivity contribution is 7.54. The second kappa shape index (κ2) is 8.03. The van der Waals surface area contributed by atoms with Crippen LogP contribution >= 0.6 is 19.2 Å². The van der Waals surface area contributed by atoms with Gasteiger partial charge >= 0.3 is 7.60 Å². The molecule has 108 valence electrons. The molecule has 0 aliphatic carbocycles. The standard InChI is InChI=1S/C13H20ClO4P/c1-4-5-9-18-13(19(15,16-2)17-3)11-7-6-8-12(14)10-11/h6-8,10,13H,4-5,9H2,1-3H3. The highest BCUT2D eigenvalue weighted by Crippen LogP contribution is 2.60. The van der Waals surface area contributed by atoms with Crippen molar-refractivity contribution >= 4 is 19.2 Å². The fourth-order valence-electron chi connectivity index (χ4n) is 1.64. The Bertz CT molecular complexity index is 430. The predicted octanol–water partition coefficient (Wildman–Crippen LogP) is 4.64. The zero-order chi connectivity index (χ0) is 14.3. The maximum Gasteiger partial charge on any atom is 0.363 e. The molecule has 0 N–H and O–H groups in total. The van der Waals surface area contributed by atoms with Crippen LogP contribution in [0, 0.1) is 0 Å². The third-order valence-electron chi connectivity index (χ3n) is 2.70. The van der Waals surface area contributed by atoms with Crippen molar-refractivity contribution in [1.82, 2.24) is 0 Å². The van der Waals surface area contributed by atoms with Gasteiger partial charge in [0.25, 0.3) is 0 Å². The first-order chi connectivity index (χ1) is 9.07. The number of hydrogen-bond acceptors (Lipinski definition) is 4. The monoisotopic (exact) mass is 306 g/mol. The predicted molar refractivity (Wildman–Crippen MR) is 76.7 cm³/mol. The van der Waals surface area contributed by atoms with E-state index in [0.29, 0.717) is 17.2 Å². The van der Waals surface area contributed by atoms with Crippen LogP contribution in [0.25, 0.3) is 0 Å². The lowest BCUT2D eigenvalue weighted by Gasteiger charge is -2.25. The number of benzene rings is 1. The molecular formula is C13H20ClO4P. The van der Waals surface area contributed by atoms with E-state index in [2.05, 4.69) is 6.92 Å². The first-order valence-electron chi connectivity index (χ1n) is 6.15. The third kappa shape index (κ3) is 4.59. The van der Waals surface area contributed by atoms with Crippen molar-refractivity contribution in [3.05, 3.63) is 34.9 Å². The normalized spacial score (nSPS) is 13.5. The summed E-state index contributed by atoms with van der Waals surface area (Å²) in [5, 5.41) is 0.556. The SMILES string of the molecule is CCCCOC(c1cccc(Cl)c1)P(=O)(OC)OC.